The number of rotatable bonds is 6. The van der Waals surface area contributed by atoms with Crippen LogP contribution in [-0.4, -0.2) is 37.4 Å². The summed E-state index contributed by atoms with van der Waals surface area (Å²) < 4.78 is 0. The molecule has 0 spiro atoms. The zero-order chi connectivity index (χ0) is 18.2. The third-order valence-electron chi connectivity index (χ3n) is 3.58. The molecule has 0 aliphatic rings. The molecular formula is C18H23ClN4OS. The topological polar surface area (TPSA) is 56.7 Å². The van der Waals surface area contributed by atoms with Crippen LogP contribution in [0.2, 0.25) is 5.02 Å². The molecule has 2 N–H and O–H groups in total. The molecule has 134 valence electrons. The first-order valence-corrected chi connectivity index (χ1v) is 9.24. The lowest BCUT2D eigenvalue weighted by atomic mass is 10.1. The number of nitrogens with zero attached hydrogens (tertiary/aromatic N) is 2. The molecule has 0 radical (unpaired) electrons. The zero-order valence-electron chi connectivity index (χ0n) is 14.6. The number of aliphatic imine (C=N–C) groups is 1. The number of benzene rings is 1. The molecule has 2 rings (SSSR count). The summed E-state index contributed by atoms with van der Waals surface area (Å²) in [5.74, 6) is 0.545. The third kappa shape index (κ3) is 6.40. The number of thiophene rings is 1. The van der Waals surface area contributed by atoms with Crippen LogP contribution in [0.15, 0.2) is 46.8 Å². The Morgan fingerprint density at radius 3 is 2.76 bits per heavy atom. The largest absolute Gasteiger partial charge is 0.351 e. The van der Waals surface area contributed by atoms with E-state index in [1.165, 1.54) is 9.78 Å². The average Bonchev–Trinajstić information content (AvgIpc) is 3.10. The van der Waals surface area contributed by atoms with Crippen LogP contribution in [-0.2, 0) is 11.3 Å². The minimum atomic E-state index is -0.0485. The molecule has 0 saturated heterocycles. The number of halogens is 1. The van der Waals surface area contributed by atoms with Gasteiger partial charge in [-0.05, 0) is 36.1 Å². The van der Waals surface area contributed by atoms with Crippen LogP contribution in [0, 0.1) is 0 Å². The lowest BCUT2D eigenvalue weighted by Crippen LogP contribution is -2.39. The number of hydrogen-bond acceptors (Lipinski definition) is 3. The van der Waals surface area contributed by atoms with Crippen molar-refractivity contribution in [1.82, 2.24) is 15.5 Å². The average molecular weight is 379 g/mol. The number of likely N-dealkylation sites (N-methyl/N-ethyl adjacent to an activating group) is 1. The summed E-state index contributed by atoms with van der Waals surface area (Å²) in [6.45, 7) is 2.78. The van der Waals surface area contributed by atoms with Crippen LogP contribution < -0.4 is 10.6 Å². The fraction of sp³-hybridized carbons (Fsp3) is 0.333. The number of nitrogens with one attached hydrogen (secondary N) is 2. The molecule has 1 aromatic carbocycles. The number of hydrogen-bond donors (Lipinski definition) is 2. The Labute approximate surface area is 157 Å². The van der Waals surface area contributed by atoms with Crippen molar-refractivity contribution in [2.45, 2.75) is 19.5 Å². The summed E-state index contributed by atoms with van der Waals surface area (Å²) in [6, 6.07) is 11.8. The molecule has 0 aliphatic carbocycles. The van der Waals surface area contributed by atoms with Gasteiger partial charge in [0.15, 0.2) is 5.96 Å². The van der Waals surface area contributed by atoms with Crippen LogP contribution in [0.25, 0.3) is 0 Å². The molecule has 2 aromatic rings. The highest BCUT2D eigenvalue weighted by molar-refractivity contribution is 7.09. The van der Waals surface area contributed by atoms with Gasteiger partial charge >= 0.3 is 0 Å². The highest BCUT2D eigenvalue weighted by Gasteiger charge is 2.10. The second-order valence-electron chi connectivity index (χ2n) is 5.81. The first-order chi connectivity index (χ1) is 12.0. The summed E-state index contributed by atoms with van der Waals surface area (Å²) in [6.07, 6.45) is 0. The molecular weight excluding hydrogens is 356 g/mol. The van der Waals surface area contributed by atoms with E-state index in [4.69, 9.17) is 11.6 Å². The Morgan fingerprint density at radius 2 is 2.12 bits per heavy atom. The van der Waals surface area contributed by atoms with E-state index in [-0.39, 0.29) is 18.5 Å². The summed E-state index contributed by atoms with van der Waals surface area (Å²) >= 11 is 7.74. The summed E-state index contributed by atoms with van der Waals surface area (Å²) in [5, 5.41) is 9.34. The van der Waals surface area contributed by atoms with E-state index in [0.717, 1.165) is 5.56 Å². The molecule has 7 heteroatoms. The highest BCUT2D eigenvalue weighted by Crippen LogP contribution is 2.17. The zero-order valence-corrected chi connectivity index (χ0v) is 16.2. The lowest BCUT2D eigenvalue weighted by Gasteiger charge is -2.19. The van der Waals surface area contributed by atoms with Crippen molar-refractivity contribution >= 4 is 34.8 Å². The highest BCUT2D eigenvalue weighted by atomic mass is 35.5. The second-order valence-corrected chi connectivity index (χ2v) is 7.28. The first kappa shape index (κ1) is 19.3. The van der Waals surface area contributed by atoms with Crippen molar-refractivity contribution in [3.8, 4) is 0 Å². The van der Waals surface area contributed by atoms with Crippen molar-refractivity contribution in [2.24, 2.45) is 4.99 Å². The quantitative estimate of drug-likeness (QED) is 0.599. The Kier molecular flexibility index (Phi) is 7.28. The molecule has 5 nitrogen and oxygen atoms in total. The monoisotopic (exact) mass is 378 g/mol. The maximum absolute atomic E-state index is 11.8. The fourth-order valence-corrected chi connectivity index (χ4v) is 2.93. The maximum atomic E-state index is 11.8. The molecule has 25 heavy (non-hydrogen) atoms. The number of carbonyl (C=O) groups excluding carboxylic acids is 1. The van der Waals surface area contributed by atoms with Gasteiger partial charge in [-0.2, -0.15) is 0 Å². The molecule has 1 amide bonds. The van der Waals surface area contributed by atoms with Crippen LogP contribution in [0.5, 0.6) is 0 Å². The van der Waals surface area contributed by atoms with E-state index >= 15 is 0 Å². The van der Waals surface area contributed by atoms with Crippen molar-refractivity contribution in [3.05, 3.63) is 57.2 Å². The minimum absolute atomic E-state index is 0.00254. The molecule has 0 aliphatic heterocycles. The van der Waals surface area contributed by atoms with E-state index in [0.29, 0.717) is 17.5 Å². The van der Waals surface area contributed by atoms with Gasteiger partial charge in [-0.25, -0.2) is 4.99 Å². The van der Waals surface area contributed by atoms with Crippen LogP contribution in [0.3, 0.4) is 0 Å². The van der Waals surface area contributed by atoms with E-state index in [9.17, 15) is 4.79 Å². The van der Waals surface area contributed by atoms with Crippen LogP contribution >= 0.6 is 22.9 Å². The Balaban J connectivity index is 2.06. The predicted octanol–water partition coefficient (Wildman–Crippen LogP) is 3.29. The number of amides is 1. The van der Waals surface area contributed by atoms with Gasteiger partial charge in [0.2, 0.25) is 5.91 Å². The molecule has 1 atom stereocenters. The van der Waals surface area contributed by atoms with Gasteiger partial charge < -0.3 is 15.5 Å². The van der Waals surface area contributed by atoms with E-state index in [1.54, 1.807) is 25.4 Å². The van der Waals surface area contributed by atoms with E-state index < -0.39 is 0 Å². The van der Waals surface area contributed by atoms with Gasteiger partial charge in [0.05, 0.1) is 12.6 Å². The first-order valence-electron chi connectivity index (χ1n) is 7.98. The predicted molar refractivity (Wildman–Crippen MR) is 105 cm³/mol. The normalized spacial score (nSPS) is 12.6. The standard InChI is InChI=1S/C18H23ClN4OS/c1-13(14-6-4-7-15(19)10-14)22-18(21-12-17(24)23(2)3)20-11-16-8-5-9-25-16/h4-10,13H,11-12H2,1-3H3,(H2,20,21,22). The molecule has 0 fully saturated rings. The Morgan fingerprint density at radius 1 is 1.32 bits per heavy atom. The van der Waals surface area contributed by atoms with Crippen LogP contribution in [0.4, 0.5) is 0 Å². The Hall–Kier alpha value is -2.05. The van der Waals surface area contributed by atoms with Gasteiger partial charge in [-0.1, -0.05) is 29.8 Å². The lowest BCUT2D eigenvalue weighted by molar-refractivity contribution is -0.127. The number of guanidine groups is 1. The minimum Gasteiger partial charge on any atom is -0.351 e. The van der Waals surface area contributed by atoms with Crippen molar-refractivity contribution in [1.29, 1.82) is 0 Å². The molecule has 0 saturated carbocycles. The van der Waals surface area contributed by atoms with Crippen LogP contribution in [0.1, 0.15) is 23.4 Å². The summed E-state index contributed by atoms with van der Waals surface area (Å²) in [5.41, 5.74) is 1.05. The van der Waals surface area contributed by atoms with Gasteiger partial charge in [-0.15, -0.1) is 11.3 Å². The third-order valence-corrected chi connectivity index (χ3v) is 4.69. The molecule has 1 heterocycles. The SMILES string of the molecule is CC(NC(=NCC(=O)N(C)C)NCc1cccs1)c1cccc(Cl)c1. The summed E-state index contributed by atoms with van der Waals surface area (Å²) in [7, 11) is 3.44. The van der Waals surface area contributed by atoms with E-state index in [2.05, 4.69) is 21.7 Å². The molecule has 1 unspecified atom stereocenters. The summed E-state index contributed by atoms with van der Waals surface area (Å²) in [4.78, 5) is 19.0. The second kappa shape index (κ2) is 9.44. The van der Waals surface area contributed by atoms with Gasteiger partial charge in [0, 0.05) is 24.0 Å². The van der Waals surface area contributed by atoms with Gasteiger partial charge in [0.1, 0.15) is 6.54 Å². The van der Waals surface area contributed by atoms with Crippen molar-refractivity contribution in [2.75, 3.05) is 20.6 Å². The Bertz CT molecular complexity index is 716. The molecule has 1 aromatic heterocycles. The smallest absolute Gasteiger partial charge is 0.243 e. The number of carbonyl (C=O) groups is 1. The fourth-order valence-electron chi connectivity index (χ4n) is 2.09. The van der Waals surface area contributed by atoms with E-state index in [1.807, 2.05) is 42.6 Å². The van der Waals surface area contributed by atoms with Crippen molar-refractivity contribution < 1.29 is 4.79 Å². The van der Waals surface area contributed by atoms with Crippen molar-refractivity contribution in [3.63, 3.8) is 0 Å². The maximum Gasteiger partial charge on any atom is 0.243 e. The van der Waals surface area contributed by atoms with Gasteiger partial charge in [-0.3, -0.25) is 4.79 Å². The van der Waals surface area contributed by atoms with Gasteiger partial charge in [0.25, 0.3) is 0 Å². The molecule has 0 bridgehead atoms.